The van der Waals surface area contributed by atoms with Crippen molar-refractivity contribution in [2.45, 2.75) is 20.8 Å². The van der Waals surface area contributed by atoms with Crippen molar-refractivity contribution in [1.82, 2.24) is 0 Å². The van der Waals surface area contributed by atoms with Crippen LogP contribution in [-0.4, -0.2) is 26.4 Å². The molecule has 0 aromatic carbocycles. The average Bonchev–Trinajstić information content (AvgIpc) is 2.10. The molecule has 0 saturated carbocycles. The van der Waals surface area contributed by atoms with E-state index in [0.29, 0.717) is 26.4 Å². The molecule has 0 aromatic rings. The predicted molar refractivity (Wildman–Crippen MR) is 47.8 cm³/mol. The fourth-order valence-corrected chi connectivity index (χ4v) is 0.674. The highest BCUT2D eigenvalue weighted by Crippen LogP contribution is 1.98. The lowest BCUT2D eigenvalue weighted by molar-refractivity contribution is 0.0988. The normalized spacial score (nSPS) is 11.4. The van der Waals surface area contributed by atoms with Gasteiger partial charge in [0.15, 0.2) is 5.76 Å². The molecule has 3 nitrogen and oxygen atoms in total. The van der Waals surface area contributed by atoms with E-state index in [-0.39, 0.29) is 0 Å². The van der Waals surface area contributed by atoms with Crippen molar-refractivity contribution in [3.63, 3.8) is 0 Å². The van der Waals surface area contributed by atoms with Crippen LogP contribution in [0.15, 0.2) is 12.0 Å². The number of hydrogen-bond donors (Lipinski definition) is 0. The molecule has 0 atom stereocenters. The molecule has 0 fully saturated rings. The fraction of sp³-hybridized carbons (Fsp3) is 0.778. The lowest BCUT2D eigenvalue weighted by Gasteiger charge is -2.07. The molecule has 0 rings (SSSR count). The van der Waals surface area contributed by atoms with Crippen molar-refractivity contribution in [1.29, 1.82) is 0 Å². The van der Waals surface area contributed by atoms with Crippen molar-refractivity contribution in [3.05, 3.63) is 12.0 Å². The highest BCUT2D eigenvalue weighted by Gasteiger charge is 1.96. The first-order chi connectivity index (χ1) is 5.85. The van der Waals surface area contributed by atoms with Crippen molar-refractivity contribution in [3.8, 4) is 0 Å². The van der Waals surface area contributed by atoms with Crippen molar-refractivity contribution in [2.75, 3.05) is 26.4 Å². The van der Waals surface area contributed by atoms with Gasteiger partial charge in [0.25, 0.3) is 0 Å². The first-order valence-corrected chi connectivity index (χ1v) is 4.36. The van der Waals surface area contributed by atoms with E-state index < -0.39 is 0 Å². The minimum Gasteiger partial charge on any atom is -0.498 e. The standard InChI is InChI=1S/C9H18O3/c1-4-10-7-9(12-6-3)8-11-5-2/h7H,4-6,8H2,1-3H3. The summed E-state index contributed by atoms with van der Waals surface area (Å²) in [5, 5.41) is 0. The second-order valence-electron chi connectivity index (χ2n) is 2.11. The van der Waals surface area contributed by atoms with Crippen LogP contribution in [0.25, 0.3) is 0 Å². The third kappa shape index (κ3) is 6.04. The Balaban J connectivity index is 3.68. The largest absolute Gasteiger partial charge is 0.498 e. The Hall–Kier alpha value is -0.700. The van der Waals surface area contributed by atoms with Gasteiger partial charge in [-0.1, -0.05) is 0 Å². The van der Waals surface area contributed by atoms with E-state index in [1.807, 2.05) is 20.8 Å². The maximum absolute atomic E-state index is 5.26. The van der Waals surface area contributed by atoms with E-state index in [1.165, 1.54) is 0 Å². The first kappa shape index (κ1) is 11.3. The predicted octanol–water partition coefficient (Wildman–Crippen LogP) is 1.94. The van der Waals surface area contributed by atoms with Crippen LogP contribution >= 0.6 is 0 Å². The van der Waals surface area contributed by atoms with E-state index in [9.17, 15) is 0 Å². The van der Waals surface area contributed by atoms with E-state index in [0.717, 1.165) is 5.76 Å². The molecule has 72 valence electrons. The summed E-state index contributed by atoms with van der Waals surface area (Å²) in [6.45, 7) is 8.30. The zero-order valence-electron chi connectivity index (χ0n) is 8.13. The summed E-state index contributed by atoms with van der Waals surface area (Å²) < 4.78 is 15.5. The molecular weight excluding hydrogens is 156 g/mol. The Morgan fingerprint density at radius 3 is 2.33 bits per heavy atom. The Kier molecular flexibility index (Phi) is 7.91. The quantitative estimate of drug-likeness (QED) is 0.552. The Labute approximate surface area is 74.3 Å². The summed E-state index contributed by atoms with van der Waals surface area (Å²) >= 11 is 0. The molecule has 3 heteroatoms. The van der Waals surface area contributed by atoms with Crippen molar-refractivity contribution < 1.29 is 14.2 Å². The van der Waals surface area contributed by atoms with Crippen molar-refractivity contribution in [2.24, 2.45) is 0 Å². The summed E-state index contributed by atoms with van der Waals surface area (Å²) in [4.78, 5) is 0. The number of hydrogen-bond acceptors (Lipinski definition) is 3. The molecule has 12 heavy (non-hydrogen) atoms. The van der Waals surface area contributed by atoms with Crippen LogP contribution in [0.4, 0.5) is 0 Å². The minimum atomic E-state index is 0.490. The van der Waals surface area contributed by atoms with E-state index in [2.05, 4.69) is 0 Å². The van der Waals surface area contributed by atoms with Gasteiger partial charge in [-0.25, -0.2) is 0 Å². The summed E-state index contributed by atoms with van der Waals surface area (Å²) in [6, 6.07) is 0. The molecule has 0 aromatic heterocycles. The summed E-state index contributed by atoms with van der Waals surface area (Å²) in [5.41, 5.74) is 0. The second-order valence-corrected chi connectivity index (χ2v) is 2.11. The van der Waals surface area contributed by atoms with Crippen LogP contribution < -0.4 is 0 Å². The molecule has 0 unspecified atom stereocenters. The van der Waals surface area contributed by atoms with Gasteiger partial charge in [0, 0.05) is 6.61 Å². The van der Waals surface area contributed by atoms with Gasteiger partial charge in [0.1, 0.15) is 12.9 Å². The van der Waals surface area contributed by atoms with Gasteiger partial charge in [-0.05, 0) is 20.8 Å². The highest BCUT2D eigenvalue weighted by atomic mass is 16.5. The van der Waals surface area contributed by atoms with Crippen LogP contribution in [0.1, 0.15) is 20.8 Å². The lowest BCUT2D eigenvalue weighted by Crippen LogP contribution is -2.02. The highest BCUT2D eigenvalue weighted by molar-refractivity contribution is 4.87. The smallest absolute Gasteiger partial charge is 0.156 e. The van der Waals surface area contributed by atoms with Gasteiger partial charge >= 0.3 is 0 Å². The van der Waals surface area contributed by atoms with E-state index >= 15 is 0 Å². The van der Waals surface area contributed by atoms with Crippen LogP contribution in [0.3, 0.4) is 0 Å². The molecule has 0 N–H and O–H groups in total. The Morgan fingerprint density at radius 2 is 1.83 bits per heavy atom. The zero-order chi connectivity index (χ0) is 9.23. The van der Waals surface area contributed by atoms with Crippen LogP contribution in [0.2, 0.25) is 0 Å². The van der Waals surface area contributed by atoms with Gasteiger partial charge in [-0.3, -0.25) is 0 Å². The van der Waals surface area contributed by atoms with E-state index in [1.54, 1.807) is 6.26 Å². The Morgan fingerprint density at radius 1 is 1.08 bits per heavy atom. The molecule has 0 bridgehead atoms. The number of ether oxygens (including phenoxy) is 3. The maximum Gasteiger partial charge on any atom is 0.156 e. The molecule has 0 aliphatic rings. The third-order valence-electron chi connectivity index (χ3n) is 1.16. The van der Waals surface area contributed by atoms with Gasteiger partial charge < -0.3 is 14.2 Å². The fourth-order valence-electron chi connectivity index (χ4n) is 0.674. The van der Waals surface area contributed by atoms with Crippen LogP contribution in [-0.2, 0) is 14.2 Å². The summed E-state index contributed by atoms with van der Waals surface area (Å²) in [7, 11) is 0. The second kappa shape index (κ2) is 8.40. The first-order valence-electron chi connectivity index (χ1n) is 4.36. The molecule has 0 heterocycles. The minimum absolute atomic E-state index is 0.490. The maximum atomic E-state index is 5.26. The monoisotopic (exact) mass is 174 g/mol. The van der Waals surface area contributed by atoms with Gasteiger partial charge in [-0.15, -0.1) is 0 Å². The molecule has 0 radical (unpaired) electrons. The molecule has 0 amide bonds. The third-order valence-corrected chi connectivity index (χ3v) is 1.16. The summed E-state index contributed by atoms with van der Waals surface area (Å²) in [6.07, 6.45) is 1.61. The van der Waals surface area contributed by atoms with Gasteiger partial charge in [0.05, 0.1) is 13.2 Å². The van der Waals surface area contributed by atoms with Gasteiger partial charge in [-0.2, -0.15) is 0 Å². The molecule has 0 spiro atoms. The molecule has 0 aliphatic carbocycles. The van der Waals surface area contributed by atoms with Crippen molar-refractivity contribution >= 4 is 0 Å². The zero-order valence-corrected chi connectivity index (χ0v) is 8.13. The van der Waals surface area contributed by atoms with Crippen LogP contribution in [0.5, 0.6) is 0 Å². The topological polar surface area (TPSA) is 27.7 Å². The van der Waals surface area contributed by atoms with Gasteiger partial charge in [0.2, 0.25) is 0 Å². The molecule has 0 saturated heterocycles. The summed E-state index contributed by atoms with van der Waals surface area (Å²) in [5.74, 6) is 0.751. The lowest BCUT2D eigenvalue weighted by atomic mass is 10.5. The molecular formula is C9H18O3. The molecule has 0 aliphatic heterocycles. The van der Waals surface area contributed by atoms with E-state index in [4.69, 9.17) is 14.2 Å². The Bertz CT molecular complexity index is 121. The average molecular weight is 174 g/mol. The van der Waals surface area contributed by atoms with Crippen LogP contribution in [0, 0.1) is 0 Å². The SMILES string of the molecule is CCOC=C(COCC)OCC. The number of rotatable bonds is 7.